The summed E-state index contributed by atoms with van der Waals surface area (Å²) >= 11 is 9.37. The van der Waals surface area contributed by atoms with Gasteiger partial charge in [0, 0.05) is 14.9 Å². The highest BCUT2D eigenvalue weighted by Crippen LogP contribution is 2.37. The van der Waals surface area contributed by atoms with Gasteiger partial charge in [-0.15, -0.1) is 5.11 Å². The summed E-state index contributed by atoms with van der Waals surface area (Å²) in [6.07, 6.45) is 0. The molecule has 3 aromatic carbocycles. The largest absolute Gasteiger partial charge is 0.506 e. The molecule has 0 heterocycles. The van der Waals surface area contributed by atoms with Gasteiger partial charge in [-0.2, -0.15) is 5.11 Å². The Morgan fingerprint density at radius 1 is 1.00 bits per heavy atom. The standard InChI is InChI=1S/C17H12BrClN2O/c1-10-8-13(19)4-6-15(10)20-21-17-14-5-3-12(18)9-11(14)2-7-16(17)22/h2-9,22H,1H3. The molecule has 5 heteroatoms. The highest BCUT2D eigenvalue weighted by Gasteiger charge is 2.07. The minimum Gasteiger partial charge on any atom is -0.506 e. The number of rotatable bonds is 2. The van der Waals surface area contributed by atoms with Crippen molar-refractivity contribution in [2.24, 2.45) is 10.2 Å². The number of hydrogen-bond acceptors (Lipinski definition) is 3. The normalized spacial score (nSPS) is 11.4. The maximum absolute atomic E-state index is 10.1. The van der Waals surface area contributed by atoms with Gasteiger partial charge in [-0.3, -0.25) is 0 Å². The van der Waals surface area contributed by atoms with Gasteiger partial charge in [0.1, 0.15) is 11.4 Å². The maximum Gasteiger partial charge on any atom is 0.143 e. The average molecular weight is 376 g/mol. The van der Waals surface area contributed by atoms with Crippen LogP contribution in [0.1, 0.15) is 5.56 Å². The van der Waals surface area contributed by atoms with Crippen molar-refractivity contribution in [3.05, 3.63) is 63.6 Å². The first-order valence-electron chi connectivity index (χ1n) is 6.64. The van der Waals surface area contributed by atoms with E-state index in [1.807, 2.05) is 37.3 Å². The Bertz CT molecular complexity index is 893. The van der Waals surface area contributed by atoms with Crippen LogP contribution in [0.3, 0.4) is 0 Å². The molecule has 0 bridgehead atoms. The predicted octanol–water partition coefficient (Wildman–Crippen LogP) is 6.69. The van der Waals surface area contributed by atoms with E-state index < -0.39 is 0 Å². The third-order valence-electron chi connectivity index (χ3n) is 3.35. The lowest BCUT2D eigenvalue weighted by Gasteiger charge is -2.05. The van der Waals surface area contributed by atoms with E-state index in [2.05, 4.69) is 26.2 Å². The number of azo groups is 1. The van der Waals surface area contributed by atoms with Gasteiger partial charge in [0.2, 0.25) is 0 Å². The predicted molar refractivity (Wildman–Crippen MR) is 93.7 cm³/mol. The summed E-state index contributed by atoms with van der Waals surface area (Å²) in [4.78, 5) is 0. The molecule has 0 atom stereocenters. The van der Waals surface area contributed by atoms with Gasteiger partial charge < -0.3 is 5.11 Å². The first-order chi connectivity index (χ1) is 10.5. The minimum absolute atomic E-state index is 0.102. The topological polar surface area (TPSA) is 45.0 Å². The molecule has 0 aliphatic heterocycles. The van der Waals surface area contributed by atoms with Gasteiger partial charge in [0.25, 0.3) is 0 Å². The third-order valence-corrected chi connectivity index (χ3v) is 4.08. The van der Waals surface area contributed by atoms with Crippen LogP contribution in [0, 0.1) is 6.92 Å². The highest BCUT2D eigenvalue weighted by atomic mass is 79.9. The first-order valence-corrected chi connectivity index (χ1v) is 7.81. The molecule has 3 rings (SSSR count). The summed E-state index contributed by atoms with van der Waals surface area (Å²) in [5.41, 5.74) is 2.11. The fraction of sp³-hybridized carbons (Fsp3) is 0.0588. The molecule has 0 spiro atoms. The van der Waals surface area contributed by atoms with E-state index in [0.717, 1.165) is 26.5 Å². The van der Waals surface area contributed by atoms with E-state index in [4.69, 9.17) is 11.6 Å². The Kier molecular flexibility index (Phi) is 4.14. The van der Waals surface area contributed by atoms with Crippen LogP contribution in [-0.2, 0) is 0 Å². The molecule has 22 heavy (non-hydrogen) atoms. The molecule has 0 aliphatic carbocycles. The Balaban J connectivity index is 2.10. The Hall–Kier alpha value is -1.91. The van der Waals surface area contributed by atoms with Crippen molar-refractivity contribution >= 4 is 49.7 Å². The minimum atomic E-state index is 0.102. The van der Waals surface area contributed by atoms with Gasteiger partial charge in [-0.1, -0.05) is 39.7 Å². The average Bonchev–Trinajstić information content (AvgIpc) is 2.48. The van der Waals surface area contributed by atoms with Crippen LogP contribution < -0.4 is 0 Å². The summed E-state index contributed by atoms with van der Waals surface area (Å²) in [6.45, 7) is 1.92. The summed E-state index contributed by atoms with van der Waals surface area (Å²) < 4.78 is 0.974. The Morgan fingerprint density at radius 2 is 1.82 bits per heavy atom. The molecule has 0 saturated heterocycles. The van der Waals surface area contributed by atoms with Gasteiger partial charge in [0.05, 0.1) is 5.69 Å². The van der Waals surface area contributed by atoms with Crippen molar-refractivity contribution in [3.63, 3.8) is 0 Å². The van der Waals surface area contributed by atoms with Crippen molar-refractivity contribution in [3.8, 4) is 5.75 Å². The molecule has 0 unspecified atom stereocenters. The number of halogens is 2. The van der Waals surface area contributed by atoms with Crippen molar-refractivity contribution in [2.45, 2.75) is 6.92 Å². The summed E-state index contributed by atoms with van der Waals surface area (Å²) in [7, 11) is 0. The van der Waals surface area contributed by atoms with E-state index in [-0.39, 0.29) is 5.75 Å². The molecule has 0 aliphatic rings. The fourth-order valence-corrected chi connectivity index (χ4v) is 2.82. The molecule has 110 valence electrons. The van der Waals surface area contributed by atoms with Crippen molar-refractivity contribution in [1.29, 1.82) is 0 Å². The molecule has 1 N–H and O–H groups in total. The van der Waals surface area contributed by atoms with Crippen LogP contribution >= 0.6 is 27.5 Å². The Labute approximate surface area is 141 Å². The number of aryl methyl sites for hydroxylation is 1. The monoisotopic (exact) mass is 374 g/mol. The van der Waals surface area contributed by atoms with Crippen LogP contribution in [0.5, 0.6) is 5.75 Å². The number of phenolic OH excluding ortho intramolecular Hbond substituents is 1. The van der Waals surface area contributed by atoms with Gasteiger partial charge in [-0.05, 0) is 54.3 Å². The van der Waals surface area contributed by atoms with E-state index >= 15 is 0 Å². The first kappa shape index (κ1) is 15.0. The van der Waals surface area contributed by atoms with E-state index in [9.17, 15) is 5.11 Å². The van der Waals surface area contributed by atoms with Crippen LogP contribution in [0.25, 0.3) is 10.8 Å². The van der Waals surface area contributed by atoms with E-state index in [1.54, 1.807) is 18.2 Å². The van der Waals surface area contributed by atoms with E-state index in [1.165, 1.54) is 0 Å². The number of phenols is 1. The summed E-state index contributed by atoms with van der Waals surface area (Å²) in [6, 6.07) is 14.7. The van der Waals surface area contributed by atoms with Crippen LogP contribution in [0.2, 0.25) is 5.02 Å². The van der Waals surface area contributed by atoms with Crippen LogP contribution in [0.15, 0.2) is 63.2 Å². The molecule has 3 aromatic rings. The molecule has 0 saturated carbocycles. The number of aromatic hydroxyl groups is 1. The van der Waals surface area contributed by atoms with Crippen LogP contribution in [-0.4, -0.2) is 5.11 Å². The summed E-state index contributed by atoms with van der Waals surface area (Å²) in [5, 5.41) is 21.1. The highest BCUT2D eigenvalue weighted by molar-refractivity contribution is 9.10. The fourth-order valence-electron chi connectivity index (χ4n) is 2.21. The molecule has 0 aromatic heterocycles. The lowest BCUT2D eigenvalue weighted by atomic mass is 10.1. The Morgan fingerprint density at radius 3 is 2.59 bits per heavy atom. The summed E-state index contributed by atoms with van der Waals surface area (Å²) in [5.74, 6) is 0.102. The molecular formula is C17H12BrClN2O. The number of hydrogen-bond donors (Lipinski definition) is 1. The lowest BCUT2D eigenvalue weighted by Crippen LogP contribution is -1.77. The van der Waals surface area contributed by atoms with Gasteiger partial charge in [-0.25, -0.2) is 0 Å². The van der Waals surface area contributed by atoms with Gasteiger partial charge >= 0.3 is 0 Å². The molecule has 3 nitrogen and oxygen atoms in total. The van der Waals surface area contributed by atoms with Crippen molar-refractivity contribution in [1.82, 2.24) is 0 Å². The zero-order chi connectivity index (χ0) is 15.7. The molecular weight excluding hydrogens is 364 g/mol. The SMILES string of the molecule is Cc1cc(Cl)ccc1N=Nc1c(O)ccc2cc(Br)ccc12. The van der Waals surface area contributed by atoms with Crippen molar-refractivity contribution in [2.75, 3.05) is 0 Å². The third kappa shape index (κ3) is 2.98. The quantitative estimate of drug-likeness (QED) is 0.498. The number of benzene rings is 3. The zero-order valence-corrected chi connectivity index (χ0v) is 14.1. The molecule has 0 radical (unpaired) electrons. The second-order valence-corrected chi connectivity index (χ2v) is 6.28. The molecule has 0 fully saturated rings. The number of nitrogens with zero attached hydrogens (tertiary/aromatic N) is 2. The van der Waals surface area contributed by atoms with Gasteiger partial charge in [0.15, 0.2) is 0 Å². The maximum atomic E-state index is 10.1. The van der Waals surface area contributed by atoms with Crippen molar-refractivity contribution < 1.29 is 5.11 Å². The van der Waals surface area contributed by atoms with Crippen LogP contribution in [0.4, 0.5) is 11.4 Å². The smallest absolute Gasteiger partial charge is 0.143 e. The zero-order valence-electron chi connectivity index (χ0n) is 11.7. The molecule has 0 amide bonds. The second-order valence-electron chi connectivity index (χ2n) is 4.93. The van der Waals surface area contributed by atoms with E-state index in [0.29, 0.717) is 10.7 Å². The number of fused-ring (bicyclic) bond motifs is 1. The second kappa shape index (κ2) is 6.07. The lowest BCUT2D eigenvalue weighted by molar-refractivity contribution is 0.477.